The van der Waals surface area contributed by atoms with Crippen molar-refractivity contribution in [1.29, 1.82) is 0 Å². The average Bonchev–Trinajstić information content (AvgIpc) is 3.67. The lowest BCUT2D eigenvalue weighted by Gasteiger charge is -2.36. The summed E-state index contributed by atoms with van der Waals surface area (Å²) in [6.45, 7) is 0. The normalized spacial score (nSPS) is 15.2. The number of allylic oxidation sites excluding steroid dienone is 4. The van der Waals surface area contributed by atoms with E-state index in [2.05, 4.69) is 254 Å². The van der Waals surface area contributed by atoms with Gasteiger partial charge in [-0.25, -0.2) is 0 Å². The second kappa shape index (κ2) is 15.7. The van der Waals surface area contributed by atoms with Crippen molar-refractivity contribution in [3.05, 3.63) is 271 Å². The maximum Gasteiger partial charge on any atom is 0.0711 e. The van der Waals surface area contributed by atoms with E-state index in [9.17, 15) is 0 Å². The molecule has 10 aromatic rings. The molecule has 0 saturated carbocycles. The fourth-order valence-corrected chi connectivity index (χ4v) is 10.7. The van der Waals surface area contributed by atoms with Gasteiger partial charge < -0.3 is 4.90 Å². The van der Waals surface area contributed by atoms with Crippen LogP contribution in [-0.2, 0) is 5.41 Å². The Hall–Kier alpha value is -8.00. The molecule has 64 heavy (non-hydrogen) atoms. The largest absolute Gasteiger partial charge is 0.310 e. The van der Waals surface area contributed by atoms with Crippen molar-refractivity contribution in [1.82, 2.24) is 0 Å². The molecule has 1 nitrogen and oxygen atoms in total. The van der Waals surface area contributed by atoms with Crippen molar-refractivity contribution < 1.29 is 0 Å². The van der Waals surface area contributed by atoms with E-state index in [1.54, 1.807) is 0 Å². The summed E-state index contributed by atoms with van der Waals surface area (Å²) in [7, 11) is 0. The third-order valence-electron chi connectivity index (χ3n) is 13.6. The monoisotopic (exact) mass is 815 g/mol. The van der Waals surface area contributed by atoms with Crippen LogP contribution in [0, 0.1) is 0 Å². The van der Waals surface area contributed by atoms with Crippen LogP contribution in [0.2, 0.25) is 0 Å². The summed E-state index contributed by atoms with van der Waals surface area (Å²) >= 11 is 0. The second-order valence-corrected chi connectivity index (χ2v) is 17.1. The standard InChI is InChI=1S/C63H45N/c1-4-20-47(21-5-1)62-56-30-13-11-19-45(56)36-40-57(62)46-34-37-51(38-35-46)64(52-28-16-23-48(42-52)55-32-17-22-44-18-10-12-29-54(44)55)53-39-41-59-58-31-14-15-33-60(58)63(61(59)43-53,49-24-6-2-7-25-49)50-26-8-3-9-27-50/h1-2,4-8,10-43H,3,9H2. The van der Waals surface area contributed by atoms with E-state index in [0.29, 0.717) is 0 Å². The van der Waals surface area contributed by atoms with Gasteiger partial charge in [0.05, 0.1) is 5.41 Å². The number of fused-ring (bicyclic) bond motifs is 5. The maximum absolute atomic E-state index is 2.49. The number of benzene rings is 10. The molecule has 2 aliphatic rings. The zero-order chi connectivity index (χ0) is 42.5. The third kappa shape index (κ3) is 6.15. The first-order valence-electron chi connectivity index (χ1n) is 22.5. The highest BCUT2D eigenvalue weighted by Crippen LogP contribution is 2.58. The second-order valence-electron chi connectivity index (χ2n) is 17.1. The van der Waals surface area contributed by atoms with Crippen LogP contribution in [-0.4, -0.2) is 0 Å². The molecular formula is C63H45N. The minimum atomic E-state index is -0.468. The Balaban J connectivity index is 1.07. The fourth-order valence-electron chi connectivity index (χ4n) is 10.7. The lowest BCUT2D eigenvalue weighted by molar-refractivity contribution is 0.751. The van der Waals surface area contributed by atoms with Gasteiger partial charge in [0.25, 0.3) is 0 Å². The Morgan fingerprint density at radius 1 is 0.359 bits per heavy atom. The van der Waals surface area contributed by atoms with Gasteiger partial charge in [-0.1, -0.05) is 212 Å². The summed E-state index contributed by atoms with van der Waals surface area (Å²) < 4.78 is 0. The van der Waals surface area contributed by atoms with Crippen molar-refractivity contribution in [3.63, 3.8) is 0 Å². The molecule has 0 aliphatic heterocycles. The summed E-state index contributed by atoms with van der Waals surface area (Å²) in [5, 5.41) is 4.98. The van der Waals surface area contributed by atoms with E-state index in [1.807, 2.05) is 0 Å². The van der Waals surface area contributed by atoms with Crippen LogP contribution in [0.3, 0.4) is 0 Å². The molecule has 0 amide bonds. The van der Waals surface area contributed by atoms with Crippen molar-refractivity contribution >= 4 is 38.6 Å². The first-order chi connectivity index (χ1) is 31.8. The third-order valence-corrected chi connectivity index (χ3v) is 13.6. The predicted octanol–water partition coefficient (Wildman–Crippen LogP) is 17.1. The van der Waals surface area contributed by atoms with Gasteiger partial charge in [0, 0.05) is 17.1 Å². The van der Waals surface area contributed by atoms with Crippen LogP contribution < -0.4 is 4.90 Å². The Morgan fingerprint density at radius 2 is 0.969 bits per heavy atom. The Labute approximate surface area is 375 Å². The minimum Gasteiger partial charge on any atom is -0.310 e. The molecule has 0 saturated heterocycles. The van der Waals surface area contributed by atoms with Gasteiger partial charge in [0.1, 0.15) is 0 Å². The molecule has 0 heterocycles. The van der Waals surface area contributed by atoms with Crippen LogP contribution >= 0.6 is 0 Å². The Kier molecular flexibility index (Phi) is 9.27. The number of hydrogen-bond donors (Lipinski definition) is 0. The van der Waals surface area contributed by atoms with Crippen LogP contribution in [0.4, 0.5) is 17.1 Å². The van der Waals surface area contributed by atoms with Crippen molar-refractivity contribution in [3.8, 4) is 44.5 Å². The van der Waals surface area contributed by atoms with Crippen molar-refractivity contribution in [2.45, 2.75) is 18.3 Å². The zero-order valence-corrected chi connectivity index (χ0v) is 35.5. The quantitative estimate of drug-likeness (QED) is 0.148. The SMILES string of the molecule is C1=CC(C2(c3ccccc3)c3ccccc3-c3ccc(N(c4ccc(-c5ccc6ccccc6c5-c5ccccc5)cc4)c4cccc(-c5cccc6ccccc56)c4)cc32)=CCC1. The van der Waals surface area contributed by atoms with Crippen LogP contribution in [0.15, 0.2) is 254 Å². The molecule has 1 atom stereocenters. The Morgan fingerprint density at radius 3 is 1.78 bits per heavy atom. The van der Waals surface area contributed by atoms with Gasteiger partial charge >= 0.3 is 0 Å². The molecule has 0 spiro atoms. The van der Waals surface area contributed by atoms with Crippen LogP contribution in [0.25, 0.3) is 66.1 Å². The van der Waals surface area contributed by atoms with Gasteiger partial charge in [-0.2, -0.15) is 0 Å². The molecule has 302 valence electrons. The first kappa shape index (κ1) is 37.7. The van der Waals surface area contributed by atoms with Crippen LogP contribution in [0.5, 0.6) is 0 Å². The van der Waals surface area contributed by atoms with Gasteiger partial charge in [-0.15, -0.1) is 0 Å². The van der Waals surface area contributed by atoms with E-state index < -0.39 is 5.41 Å². The highest BCUT2D eigenvalue weighted by atomic mass is 15.1. The van der Waals surface area contributed by atoms with Gasteiger partial charge in [-0.05, 0) is 138 Å². The fraction of sp³-hybridized carbons (Fsp3) is 0.0476. The molecular weight excluding hydrogens is 771 g/mol. The summed E-state index contributed by atoms with van der Waals surface area (Å²) in [6.07, 6.45) is 9.31. The summed E-state index contributed by atoms with van der Waals surface area (Å²) in [5.41, 5.74) is 18.0. The molecule has 1 unspecified atom stereocenters. The number of rotatable bonds is 8. The zero-order valence-electron chi connectivity index (χ0n) is 35.5. The number of nitrogens with zero attached hydrogens (tertiary/aromatic N) is 1. The van der Waals surface area contributed by atoms with E-state index in [0.717, 1.165) is 29.9 Å². The molecule has 0 fully saturated rings. The number of hydrogen-bond acceptors (Lipinski definition) is 1. The molecule has 0 bridgehead atoms. The maximum atomic E-state index is 2.49. The number of anilines is 3. The van der Waals surface area contributed by atoms with Crippen molar-refractivity contribution in [2.75, 3.05) is 4.90 Å². The molecule has 10 aromatic carbocycles. The predicted molar refractivity (Wildman–Crippen MR) is 271 cm³/mol. The van der Waals surface area contributed by atoms with Crippen LogP contribution in [0.1, 0.15) is 29.5 Å². The topological polar surface area (TPSA) is 3.24 Å². The summed E-state index contributed by atoms with van der Waals surface area (Å²) in [6, 6.07) is 85.2. The summed E-state index contributed by atoms with van der Waals surface area (Å²) in [4.78, 5) is 2.46. The van der Waals surface area contributed by atoms with Gasteiger partial charge in [0.15, 0.2) is 0 Å². The highest BCUT2D eigenvalue weighted by molar-refractivity contribution is 6.04. The lowest BCUT2D eigenvalue weighted by atomic mass is 9.66. The van der Waals surface area contributed by atoms with E-state index in [1.165, 1.54) is 88.3 Å². The summed E-state index contributed by atoms with van der Waals surface area (Å²) in [5.74, 6) is 0. The smallest absolute Gasteiger partial charge is 0.0711 e. The molecule has 1 heteroatoms. The van der Waals surface area contributed by atoms with Gasteiger partial charge in [-0.3, -0.25) is 0 Å². The lowest BCUT2D eigenvalue weighted by Crippen LogP contribution is -2.29. The molecule has 0 radical (unpaired) electrons. The van der Waals surface area contributed by atoms with Crippen molar-refractivity contribution in [2.24, 2.45) is 0 Å². The van der Waals surface area contributed by atoms with E-state index in [4.69, 9.17) is 0 Å². The highest BCUT2D eigenvalue weighted by Gasteiger charge is 2.47. The van der Waals surface area contributed by atoms with E-state index >= 15 is 0 Å². The first-order valence-corrected chi connectivity index (χ1v) is 22.5. The molecule has 12 rings (SSSR count). The van der Waals surface area contributed by atoms with E-state index in [-0.39, 0.29) is 0 Å². The molecule has 0 aromatic heterocycles. The molecule has 0 N–H and O–H groups in total. The molecule has 2 aliphatic carbocycles. The average molecular weight is 816 g/mol. The Bertz CT molecular complexity index is 3430. The minimum absolute atomic E-state index is 0.468. The van der Waals surface area contributed by atoms with Gasteiger partial charge in [0.2, 0.25) is 0 Å².